The summed E-state index contributed by atoms with van der Waals surface area (Å²) in [6, 6.07) is 9.80. The number of carbonyl (C=O) groups is 2. The molecule has 1 aromatic heterocycles. The number of amides is 1. The molecule has 3 aromatic rings. The summed E-state index contributed by atoms with van der Waals surface area (Å²) in [5.74, 6) is -13.5. The van der Waals surface area contributed by atoms with Crippen LogP contribution in [0.15, 0.2) is 36.4 Å². The van der Waals surface area contributed by atoms with E-state index in [0.29, 0.717) is 5.52 Å². The lowest BCUT2D eigenvalue weighted by Crippen LogP contribution is -2.23. The predicted octanol–water partition coefficient (Wildman–Crippen LogP) is 3.73. The molecule has 0 aliphatic carbocycles. The van der Waals surface area contributed by atoms with Crippen molar-refractivity contribution in [3.63, 3.8) is 0 Å². The summed E-state index contributed by atoms with van der Waals surface area (Å²) in [7, 11) is 0. The zero-order valence-electron chi connectivity index (χ0n) is 13.7. The first-order valence-corrected chi connectivity index (χ1v) is 7.63. The standard InChI is InChI=1S/C18H9F5N2O3/c19-12-13(20)15(22)17(16(23)14(12)21)25-11(26)7-28-18(27)10-6-5-8-3-1-2-4-9(8)24-10/h1-6H,7H2,(H,25,26). The highest BCUT2D eigenvalue weighted by Gasteiger charge is 2.27. The van der Waals surface area contributed by atoms with Gasteiger partial charge in [0.25, 0.3) is 5.91 Å². The average Bonchev–Trinajstić information content (AvgIpc) is 2.71. The summed E-state index contributed by atoms with van der Waals surface area (Å²) in [6.45, 7) is -1.03. The number of nitrogens with zero attached hydrogens (tertiary/aromatic N) is 1. The first-order chi connectivity index (χ1) is 13.3. The number of pyridine rings is 1. The van der Waals surface area contributed by atoms with Crippen molar-refractivity contribution in [3.05, 3.63) is 71.2 Å². The van der Waals surface area contributed by atoms with E-state index in [0.717, 1.165) is 5.39 Å². The van der Waals surface area contributed by atoms with Gasteiger partial charge < -0.3 is 10.1 Å². The molecule has 1 heterocycles. The van der Waals surface area contributed by atoms with Crippen LogP contribution in [0, 0.1) is 29.1 Å². The van der Waals surface area contributed by atoms with Crippen molar-refractivity contribution < 1.29 is 36.3 Å². The smallest absolute Gasteiger partial charge is 0.357 e. The molecule has 0 spiro atoms. The van der Waals surface area contributed by atoms with Gasteiger partial charge in [-0.25, -0.2) is 31.7 Å². The van der Waals surface area contributed by atoms with Gasteiger partial charge in [0.05, 0.1) is 5.52 Å². The maximum absolute atomic E-state index is 13.5. The van der Waals surface area contributed by atoms with E-state index in [9.17, 15) is 31.5 Å². The highest BCUT2D eigenvalue weighted by atomic mass is 19.2. The number of hydrogen-bond acceptors (Lipinski definition) is 4. The van der Waals surface area contributed by atoms with Crippen molar-refractivity contribution in [2.45, 2.75) is 0 Å². The molecule has 28 heavy (non-hydrogen) atoms. The third kappa shape index (κ3) is 3.61. The van der Waals surface area contributed by atoms with E-state index in [2.05, 4.69) is 9.72 Å². The van der Waals surface area contributed by atoms with Crippen LogP contribution in [0.5, 0.6) is 0 Å². The van der Waals surface area contributed by atoms with Gasteiger partial charge in [-0.15, -0.1) is 0 Å². The fourth-order valence-corrected chi connectivity index (χ4v) is 2.27. The Hall–Kier alpha value is -3.56. The number of esters is 1. The summed E-state index contributed by atoms with van der Waals surface area (Å²) in [4.78, 5) is 27.7. The summed E-state index contributed by atoms with van der Waals surface area (Å²) in [5.41, 5.74) is -1.19. The SMILES string of the molecule is O=C(COC(=O)c1ccc2ccccc2n1)Nc1c(F)c(F)c(F)c(F)c1F. The zero-order valence-corrected chi connectivity index (χ0v) is 13.7. The lowest BCUT2D eigenvalue weighted by molar-refractivity contribution is -0.119. The lowest BCUT2D eigenvalue weighted by atomic mass is 10.2. The Morgan fingerprint density at radius 1 is 0.857 bits per heavy atom. The van der Waals surface area contributed by atoms with Crippen LogP contribution in [0.1, 0.15) is 10.5 Å². The number of hydrogen-bond donors (Lipinski definition) is 1. The minimum atomic E-state index is -2.36. The van der Waals surface area contributed by atoms with E-state index in [4.69, 9.17) is 0 Å². The second kappa shape index (κ2) is 7.59. The van der Waals surface area contributed by atoms with Gasteiger partial charge >= 0.3 is 5.97 Å². The summed E-state index contributed by atoms with van der Waals surface area (Å²) < 4.78 is 70.9. The molecule has 0 aliphatic rings. The van der Waals surface area contributed by atoms with Gasteiger partial charge in [0.1, 0.15) is 11.4 Å². The molecule has 0 unspecified atom stereocenters. The molecule has 0 saturated carbocycles. The molecular formula is C18H9F5N2O3. The molecule has 0 atom stereocenters. The normalized spacial score (nSPS) is 10.8. The number of anilines is 1. The number of para-hydroxylation sites is 1. The zero-order chi connectivity index (χ0) is 20.4. The van der Waals surface area contributed by atoms with Crippen LogP contribution in [0.4, 0.5) is 27.6 Å². The Bertz CT molecular complexity index is 1080. The summed E-state index contributed by atoms with van der Waals surface area (Å²) in [6.07, 6.45) is 0. The van der Waals surface area contributed by atoms with Gasteiger partial charge in [-0.3, -0.25) is 4.79 Å². The van der Waals surface area contributed by atoms with E-state index in [-0.39, 0.29) is 5.69 Å². The first kappa shape index (κ1) is 19.2. The van der Waals surface area contributed by atoms with Gasteiger partial charge in [-0.1, -0.05) is 24.3 Å². The number of fused-ring (bicyclic) bond motifs is 1. The van der Waals surface area contributed by atoms with Crippen molar-refractivity contribution in [2.24, 2.45) is 0 Å². The van der Waals surface area contributed by atoms with Crippen molar-refractivity contribution in [2.75, 3.05) is 11.9 Å². The van der Waals surface area contributed by atoms with Crippen LogP contribution >= 0.6 is 0 Å². The molecule has 1 N–H and O–H groups in total. The average molecular weight is 396 g/mol. The molecule has 0 radical (unpaired) electrons. The second-order valence-electron chi connectivity index (χ2n) is 5.46. The van der Waals surface area contributed by atoms with Crippen molar-refractivity contribution in [1.82, 2.24) is 4.98 Å². The van der Waals surface area contributed by atoms with E-state index in [1.807, 2.05) is 0 Å². The molecule has 0 aliphatic heterocycles. The summed E-state index contributed by atoms with van der Waals surface area (Å²) >= 11 is 0. The monoisotopic (exact) mass is 396 g/mol. The highest BCUT2D eigenvalue weighted by molar-refractivity contribution is 5.96. The second-order valence-corrected chi connectivity index (χ2v) is 5.46. The number of ether oxygens (including phenoxy) is 1. The van der Waals surface area contributed by atoms with Crippen LogP contribution in [-0.4, -0.2) is 23.5 Å². The Morgan fingerprint density at radius 2 is 1.46 bits per heavy atom. The van der Waals surface area contributed by atoms with Gasteiger partial charge in [-0.05, 0) is 12.1 Å². The topological polar surface area (TPSA) is 68.3 Å². The van der Waals surface area contributed by atoms with E-state index >= 15 is 0 Å². The van der Waals surface area contributed by atoms with Crippen LogP contribution < -0.4 is 5.32 Å². The molecule has 10 heteroatoms. The predicted molar refractivity (Wildman–Crippen MR) is 86.9 cm³/mol. The van der Waals surface area contributed by atoms with Crippen LogP contribution in [0.2, 0.25) is 0 Å². The van der Waals surface area contributed by atoms with Gasteiger partial charge in [0.2, 0.25) is 5.82 Å². The molecule has 0 fully saturated rings. The Morgan fingerprint density at radius 3 is 2.14 bits per heavy atom. The van der Waals surface area contributed by atoms with Crippen LogP contribution in [0.25, 0.3) is 10.9 Å². The number of rotatable bonds is 4. The maximum atomic E-state index is 13.5. The van der Waals surface area contributed by atoms with Crippen LogP contribution in [-0.2, 0) is 9.53 Å². The molecule has 2 aromatic carbocycles. The van der Waals surface area contributed by atoms with Crippen LogP contribution in [0.3, 0.4) is 0 Å². The number of carbonyl (C=O) groups excluding carboxylic acids is 2. The Balaban J connectivity index is 1.69. The molecular weight excluding hydrogens is 387 g/mol. The minimum Gasteiger partial charge on any atom is -0.451 e. The number of aromatic nitrogens is 1. The van der Waals surface area contributed by atoms with Crippen molar-refractivity contribution >= 4 is 28.5 Å². The lowest BCUT2D eigenvalue weighted by Gasteiger charge is -2.10. The first-order valence-electron chi connectivity index (χ1n) is 7.63. The third-order valence-electron chi connectivity index (χ3n) is 3.62. The van der Waals surface area contributed by atoms with E-state index < -0.39 is 53.3 Å². The fraction of sp³-hybridized carbons (Fsp3) is 0.0556. The Labute approximate surface area is 153 Å². The third-order valence-corrected chi connectivity index (χ3v) is 3.62. The van der Waals surface area contributed by atoms with Crippen molar-refractivity contribution in [3.8, 4) is 0 Å². The van der Waals surface area contributed by atoms with Gasteiger partial charge in [0, 0.05) is 5.39 Å². The number of nitrogens with one attached hydrogen (secondary N) is 1. The van der Waals surface area contributed by atoms with Gasteiger partial charge in [-0.2, -0.15) is 0 Å². The Kier molecular flexibility index (Phi) is 5.21. The quantitative estimate of drug-likeness (QED) is 0.316. The fourth-order valence-electron chi connectivity index (χ4n) is 2.27. The van der Waals surface area contributed by atoms with Gasteiger partial charge in [0.15, 0.2) is 29.9 Å². The molecule has 3 rings (SSSR count). The molecule has 5 nitrogen and oxygen atoms in total. The number of halogens is 5. The molecule has 144 valence electrons. The largest absolute Gasteiger partial charge is 0.451 e. The van der Waals surface area contributed by atoms with Crippen molar-refractivity contribution in [1.29, 1.82) is 0 Å². The number of benzene rings is 2. The highest BCUT2D eigenvalue weighted by Crippen LogP contribution is 2.27. The van der Waals surface area contributed by atoms with E-state index in [1.54, 1.807) is 30.3 Å². The molecule has 1 amide bonds. The molecule has 0 bridgehead atoms. The minimum absolute atomic E-state index is 0.136. The maximum Gasteiger partial charge on any atom is 0.357 e. The van der Waals surface area contributed by atoms with E-state index in [1.165, 1.54) is 11.4 Å². The molecule has 0 saturated heterocycles. The summed E-state index contributed by atoms with van der Waals surface area (Å²) in [5, 5.41) is 2.24.